The summed E-state index contributed by atoms with van der Waals surface area (Å²) in [4.78, 5) is 19.9. The van der Waals surface area contributed by atoms with E-state index in [1.54, 1.807) is 11.3 Å². The zero-order valence-corrected chi connectivity index (χ0v) is 16.3. The molecule has 2 bridgehead atoms. The van der Waals surface area contributed by atoms with E-state index in [4.69, 9.17) is 0 Å². The summed E-state index contributed by atoms with van der Waals surface area (Å²) in [6.45, 7) is 1.99. The molecule has 27 heavy (non-hydrogen) atoms. The van der Waals surface area contributed by atoms with Gasteiger partial charge in [0.1, 0.15) is 5.01 Å². The van der Waals surface area contributed by atoms with Crippen molar-refractivity contribution >= 4 is 28.1 Å². The number of rotatable bonds is 3. The first kappa shape index (κ1) is 16.9. The van der Waals surface area contributed by atoms with E-state index in [-0.39, 0.29) is 11.9 Å². The monoisotopic (exact) mass is 381 g/mol. The van der Waals surface area contributed by atoms with Crippen LogP contribution in [0.5, 0.6) is 0 Å². The summed E-state index contributed by atoms with van der Waals surface area (Å²) in [7, 11) is 2.21. The highest BCUT2D eigenvalue weighted by atomic mass is 32.1. The third-order valence-electron chi connectivity index (χ3n) is 6.08. The average molecular weight is 382 g/mol. The van der Waals surface area contributed by atoms with Crippen molar-refractivity contribution in [3.05, 3.63) is 35.0 Å². The Morgan fingerprint density at radius 3 is 2.78 bits per heavy atom. The topological polar surface area (TPSA) is 73.9 Å². The normalized spacial score (nSPS) is 25.2. The molecule has 2 N–H and O–H groups in total. The number of nitrogens with one attached hydrogen (secondary N) is 2. The van der Waals surface area contributed by atoms with Gasteiger partial charge in [-0.15, -0.1) is 11.3 Å². The lowest BCUT2D eigenvalue weighted by atomic mass is 9.98. The Morgan fingerprint density at radius 1 is 1.30 bits per heavy atom. The summed E-state index contributed by atoms with van der Waals surface area (Å²) in [6.07, 6.45) is 4.57. The smallest absolute Gasteiger partial charge is 0.272 e. The summed E-state index contributed by atoms with van der Waals surface area (Å²) in [5.74, 6) is -0.0759. The Kier molecular flexibility index (Phi) is 4.02. The molecule has 2 aliphatic rings. The second kappa shape index (κ2) is 6.42. The van der Waals surface area contributed by atoms with Gasteiger partial charge in [0.2, 0.25) is 0 Å². The molecule has 5 rings (SSSR count). The minimum absolute atomic E-state index is 0.0759. The zero-order chi connectivity index (χ0) is 18.5. The number of amides is 1. The highest BCUT2D eigenvalue weighted by Crippen LogP contribution is 2.34. The van der Waals surface area contributed by atoms with Crippen molar-refractivity contribution < 1.29 is 4.79 Å². The molecule has 0 aliphatic carbocycles. The van der Waals surface area contributed by atoms with Gasteiger partial charge in [-0.05, 0) is 51.8 Å². The molecule has 2 aromatic heterocycles. The van der Waals surface area contributed by atoms with E-state index in [2.05, 4.69) is 32.4 Å². The first-order chi connectivity index (χ1) is 13.1. The van der Waals surface area contributed by atoms with Crippen LogP contribution in [0.25, 0.3) is 21.5 Å². The van der Waals surface area contributed by atoms with Gasteiger partial charge in [-0.25, -0.2) is 4.98 Å². The molecule has 0 saturated carbocycles. The molecular weight excluding hydrogens is 358 g/mol. The molecule has 0 spiro atoms. The number of aromatic nitrogens is 3. The molecule has 2 unspecified atom stereocenters. The maximum Gasteiger partial charge on any atom is 0.272 e. The van der Waals surface area contributed by atoms with Crippen LogP contribution in [0.4, 0.5) is 0 Å². The van der Waals surface area contributed by atoms with Gasteiger partial charge in [-0.3, -0.25) is 9.89 Å². The predicted molar refractivity (Wildman–Crippen MR) is 107 cm³/mol. The summed E-state index contributed by atoms with van der Waals surface area (Å²) in [5, 5.41) is 14.4. The molecule has 2 saturated heterocycles. The summed E-state index contributed by atoms with van der Waals surface area (Å²) in [6, 6.07) is 7.47. The van der Waals surface area contributed by atoms with Gasteiger partial charge in [0.15, 0.2) is 5.69 Å². The number of aryl methyl sites for hydroxylation is 1. The fourth-order valence-electron chi connectivity index (χ4n) is 4.60. The number of hydrogen-bond donors (Lipinski definition) is 2. The fraction of sp³-hybridized carbons (Fsp3) is 0.450. The summed E-state index contributed by atoms with van der Waals surface area (Å²) >= 11 is 1.63. The van der Waals surface area contributed by atoms with Gasteiger partial charge in [0.25, 0.3) is 5.91 Å². The standard InChI is InChI=1S/C20H23N5OS/c1-11-10-27-20(21-11)12-3-6-16-17(7-12)23-24-18(16)19(26)22-13-8-14-4-5-15(9-13)25(14)2/h3,6-7,10,13-15H,4-5,8-9H2,1-2H3,(H,22,26)(H,23,24). The maximum atomic E-state index is 12.8. The first-order valence-corrected chi connectivity index (χ1v) is 10.4. The molecular formula is C20H23N5OS. The molecule has 6 nitrogen and oxygen atoms in total. The molecule has 4 heterocycles. The number of fused-ring (bicyclic) bond motifs is 3. The quantitative estimate of drug-likeness (QED) is 0.730. The summed E-state index contributed by atoms with van der Waals surface area (Å²) in [5.41, 5.74) is 3.42. The van der Waals surface area contributed by atoms with Gasteiger partial charge in [0.05, 0.1) is 5.52 Å². The molecule has 2 fully saturated rings. The second-order valence-corrected chi connectivity index (χ2v) is 8.68. The van der Waals surface area contributed by atoms with E-state index in [0.29, 0.717) is 17.8 Å². The van der Waals surface area contributed by atoms with Crippen LogP contribution in [-0.2, 0) is 0 Å². The van der Waals surface area contributed by atoms with E-state index in [1.807, 2.05) is 30.5 Å². The van der Waals surface area contributed by atoms with Crippen LogP contribution >= 0.6 is 11.3 Å². The maximum absolute atomic E-state index is 12.8. The number of carbonyl (C=O) groups excluding carboxylic acids is 1. The molecule has 0 radical (unpaired) electrons. The Morgan fingerprint density at radius 2 is 2.07 bits per heavy atom. The number of aromatic amines is 1. The number of benzene rings is 1. The lowest BCUT2D eigenvalue weighted by Gasteiger charge is -2.36. The summed E-state index contributed by atoms with van der Waals surface area (Å²) < 4.78 is 0. The molecule has 140 valence electrons. The minimum atomic E-state index is -0.0759. The van der Waals surface area contributed by atoms with Crippen molar-refractivity contribution in [3.63, 3.8) is 0 Å². The van der Waals surface area contributed by atoms with Crippen molar-refractivity contribution in [2.24, 2.45) is 0 Å². The van der Waals surface area contributed by atoms with Crippen molar-refractivity contribution in [2.75, 3.05) is 7.05 Å². The molecule has 1 aromatic carbocycles. The van der Waals surface area contributed by atoms with E-state index in [0.717, 1.165) is 40.0 Å². The molecule has 2 aliphatic heterocycles. The van der Waals surface area contributed by atoms with Gasteiger partial charge in [-0.1, -0.05) is 6.07 Å². The Hall–Kier alpha value is -2.25. The zero-order valence-electron chi connectivity index (χ0n) is 15.5. The fourth-order valence-corrected chi connectivity index (χ4v) is 5.39. The third-order valence-corrected chi connectivity index (χ3v) is 7.09. The van der Waals surface area contributed by atoms with Crippen LogP contribution in [0.15, 0.2) is 23.6 Å². The molecule has 3 aromatic rings. The SMILES string of the molecule is Cc1csc(-c2ccc3c(C(=O)NC4CC5CCC(C4)N5C)n[nH]c3c2)n1. The average Bonchev–Trinajstić information content (AvgIpc) is 3.31. The molecule has 7 heteroatoms. The van der Waals surface area contributed by atoms with Crippen molar-refractivity contribution in [3.8, 4) is 10.6 Å². The molecule has 2 atom stereocenters. The largest absolute Gasteiger partial charge is 0.348 e. The van der Waals surface area contributed by atoms with Gasteiger partial charge < -0.3 is 10.2 Å². The number of H-pyrrole nitrogens is 1. The van der Waals surface area contributed by atoms with E-state index >= 15 is 0 Å². The van der Waals surface area contributed by atoms with Crippen LogP contribution in [-0.4, -0.2) is 51.2 Å². The Balaban J connectivity index is 1.36. The van der Waals surface area contributed by atoms with Crippen LogP contribution in [0.3, 0.4) is 0 Å². The Labute approximate surface area is 162 Å². The number of thiazole rings is 1. The van der Waals surface area contributed by atoms with Crippen LogP contribution in [0.2, 0.25) is 0 Å². The lowest BCUT2D eigenvalue weighted by molar-refractivity contribution is 0.0879. The third kappa shape index (κ3) is 2.95. The van der Waals surface area contributed by atoms with Gasteiger partial charge in [0, 0.05) is 40.1 Å². The lowest BCUT2D eigenvalue weighted by Crippen LogP contribution is -2.48. The van der Waals surface area contributed by atoms with E-state index in [9.17, 15) is 4.79 Å². The van der Waals surface area contributed by atoms with Gasteiger partial charge >= 0.3 is 0 Å². The van der Waals surface area contributed by atoms with Crippen molar-refractivity contribution in [2.45, 2.75) is 50.7 Å². The van der Waals surface area contributed by atoms with Crippen LogP contribution in [0.1, 0.15) is 41.9 Å². The minimum Gasteiger partial charge on any atom is -0.348 e. The van der Waals surface area contributed by atoms with Crippen LogP contribution in [0, 0.1) is 6.92 Å². The van der Waals surface area contributed by atoms with Crippen molar-refractivity contribution in [1.29, 1.82) is 0 Å². The van der Waals surface area contributed by atoms with E-state index < -0.39 is 0 Å². The number of piperidine rings is 1. The van der Waals surface area contributed by atoms with Gasteiger partial charge in [-0.2, -0.15) is 5.10 Å². The highest BCUT2D eigenvalue weighted by molar-refractivity contribution is 7.13. The predicted octanol–water partition coefficient (Wildman–Crippen LogP) is 3.35. The number of nitrogens with zero attached hydrogens (tertiary/aromatic N) is 3. The first-order valence-electron chi connectivity index (χ1n) is 9.52. The van der Waals surface area contributed by atoms with E-state index in [1.165, 1.54) is 12.8 Å². The number of hydrogen-bond acceptors (Lipinski definition) is 5. The number of carbonyl (C=O) groups is 1. The Bertz CT molecular complexity index is 995. The van der Waals surface area contributed by atoms with Crippen molar-refractivity contribution in [1.82, 2.24) is 25.4 Å². The second-order valence-electron chi connectivity index (χ2n) is 7.82. The highest BCUT2D eigenvalue weighted by Gasteiger charge is 2.39. The molecule has 1 amide bonds. The van der Waals surface area contributed by atoms with Crippen LogP contribution < -0.4 is 5.32 Å².